The first-order valence-electron chi connectivity index (χ1n) is 10.8. The van der Waals surface area contributed by atoms with Crippen LogP contribution in [0.3, 0.4) is 0 Å². The first kappa shape index (κ1) is 23.0. The third-order valence-corrected chi connectivity index (χ3v) is 11.0. The van der Waals surface area contributed by atoms with E-state index in [-0.39, 0.29) is 11.8 Å². The lowest BCUT2D eigenvalue weighted by Crippen LogP contribution is -2.64. The Labute approximate surface area is 185 Å². The topological polar surface area (TPSA) is 65.1 Å². The molecule has 0 aliphatic carbocycles. The molecule has 2 aromatic rings. The van der Waals surface area contributed by atoms with Gasteiger partial charge in [0.05, 0.1) is 20.3 Å². The molecule has 6 nitrogen and oxygen atoms in total. The second-order valence-electron chi connectivity index (χ2n) is 7.74. The Morgan fingerprint density at radius 3 is 1.81 bits per heavy atom. The summed E-state index contributed by atoms with van der Waals surface area (Å²) in [4.78, 5) is 27.8. The number of amides is 2. The van der Waals surface area contributed by atoms with Crippen LogP contribution in [0.1, 0.15) is 42.7 Å². The molecule has 2 unspecified atom stereocenters. The minimum atomic E-state index is -2.04. The predicted molar refractivity (Wildman–Crippen MR) is 122 cm³/mol. The van der Waals surface area contributed by atoms with Crippen LogP contribution in [-0.4, -0.2) is 45.4 Å². The van der Waals surface area contributed by atoms with Gasteiger partial charge in [-0.15, -0.1) is 0 Å². The largest absolute Gasteiger partial charge is 0.497 e. The molecule has 2 aromatic carbocycles. The van der Waals surface area contributed by atoms with Gasteiger partial charge in [-0.3, -0.25) is 14.5 Å². The van der Waals surface area contributed by atoms with Gasteiger partial charge in [-0.05, 0) is 60.1 Å². The third-order valence-electron chi connectivity index (χ3n) is 6.37. The van der Waals surface area contributed by atoms with Crippen molar-refractivity contribution in [3.8, 4) is 11.5 Å². The number of hydrogen-bond donors (Lipinski definition) is 0. The lowest BCUT2D eigenvalue weighted by molar-refractivity contribution is -0.158. The predicted octanol–water partition coefficient (Wildman–Crippen LogP) is 4.82. The average molecular weight is 442 g/mol. The third kappa shape index (κ3) is 4.38. The standard InChI is InChI=1S/C24H31NO5Si/c1-6-31(7-2,8-3)30-22-21(17-9-13-19(28-4)14-10-17)25(24(22)27)23(26)18-11-15-20(29-5)16-12-18/h9-16,21-22H,6-8H2,1-5H3. The first-order valence-corrected chi connectivity index (χ1v) is 13.3. The quantitative estimate of drug-likeness (QED) is 0.317. The molecule has 1 aliphatic heterocycles. The Hall–Kier alpha value is -2.64. The number of carbonyl (C=O) groups excluding carboxylic acids is 2. The zero-order chi connectivity index (χ0) is 22.6. The van der Waals surface area contributed by atoms with Gasteiger partial charge in [-0.1, -0.05) is 32.9 Å². The molecule has 0 N–H and O–H groups in total. The van der Waals surface area contributed by atoms with Crippen molar-refractivity contribution in [2.24, 2.45) is 0 Å². The average Bonchev–Trinajstić information content (AvgIpc) is 2.83. The second-order valence-corrected chi connectivity index (χ2v) is 12.5. The summed E-state index contributed by atoms with van der Waals surface area (Å²) in [6.45, 7) is 6.39. The number of carbonyl (C=O) groups is 2. The van der Waals surface area contributed by atoms with Crippen LogP contribution in [0.5, 0.6) is 11.5 Å². The highest BCUT2D eigenvalue weighted by atomic mass is 28.4. The molecule has 166 valence electrons. The van der Waals surface area contributed by atoms with E-state index in [2.05, 4.69) is 20.8 Å². The normalized spacial score (nSPS) is 18.5. The number of methoxy groups -OCH3 is 2. The van der Waals surface area contributed by atoms with Gasteiger partial charge in [0.1, 0.15) is 11.5 Å². The number of ether oxygens (including phenoxy) is 2. The number of nitrogens with zero attached hydrogens (tertiary/aromatic N) is 1. The summed E-state index contributed by atoms with van der Waals surface area (Å²) >= 11 is 0. The van der Waals surface area contributed by atoms with E-state index in [0.717, 1.165) is 29.4 Å². The molecule has 31 heavy (non-hydrogen) atoms. The summed E-state index contributed by atoms with van der Waals surface area (Å²) in [6.07, 6.45) is -0.637. The van der Waals surface area contributed by atoms with E-state index in [0.29, 0.717) is 11.3 Å². The molecule has 0 aromatic heterocycles. The van der Waals surface area contributed by atoms with Crippen LogP contribution in [0.25, 0.3) is 0 Å². The van der Waals surface area contributed by atoms with Gasteiger partial charge in [-0.25, -0.2) is 0 Å². The molecule has 3 rings (SSSR count). The van der Waals surface area contributed by atoms with E-state index in [1.54, 1.807) is 38.5 Å². The number of imide groups is 1. The number of likely N-dealkylation sites (tertiary alicyclic amines) is 1. The maximum atomic E-state index is 13.3. The molecule has 0 spiro atoms. The van der Waals surface area contributed by atoms with Crippen molar-refractivity contribution in [1.29, 1.82) is 0 Å². The van der Waals surface area contributed by atoms with E-state index >= 15 is 0 Å². The number of rotatable bonds is 9. The Kier molecular flexibility index (Phi) is 7.18. The fourth-order valence-electron chi connectivity index (χ4n) is 4.07. The molecule has 2 atom stereocenters. The fraction of sp³-hybridized carbons (Fsp3) is 0.417. The van der Waals surface area contributed by atoms with Crippen LogP contribution in [0.15, 0.2) is 48.5 Å². The Balaban J connectivity index is 1.95. The van der Waals surface area contributed by atoms with Gasteiger partial charge < -0.3 is 13.9 Å². The minimum Gasteiger partial charge on any atom is -0.497 e. The highest BCUT2D eigenvalue weighted by Gasteiger charge is 2.54. The van der Waals surface area contributed by atoms with Crippen molar-refractivity contribution in [3.63, 3.8) is 0 Å². The van der Waals surface area contributed by atoms with E-state index in [1.165, 1.54) is 4.90 Å². The summed E-state index contributed by atoms with van der Waals surface area (Å²) in [6, 6.07) is 16.6. The van der Waals surface area contributed by atoms with Crippen molar-refractivity contribution in [3.05, 3.63) is 59.7 Å². The van der Waals surface area contributed by atoms with Gasteiger partial charge in [0.25, 0.3) is 11.8 Å². The van der Waals surface area contributed by atoms with Gasteiger partial charge in [0.15, 0.2) is 14.4 Å². The van der Waals surface area contributed by atoms with Crippen LogP contribution in [-0.2, 0) is 9.22 Å². The molecular formula is C24H31NO5Si. The molecular weight excluding hydrogens is 410 g/mol. The fourth-order valence-corrected chi connectivity index (χ4v) is 6.84. The SMILES string of the molecule is CC[Si](CC)(CC)OC1C(=O)N(C(=O)c2ccc(OC)cc2)C1c1ccc(OC)cc1. The molecule has 0 radical (unpaired) electrons. The zero-order valence-corrected chi connectivity index (χ0v) is 19.9. The van der Waals surface area contributed by atoms with Crippen LogP contribution < -0.4 is 9.47 Å². The second kappa shape index (κ2) is 9.66. The van der Waals surface area contributed by atoms with Crippen molar-refractivity contribution in [2.45, 2.75) is 51.0 Å². The molecule has 7 heteroatoms. The van der Waals surface area contributed by atoms with Gasteiger partial charge >= 0.3 is 0 Å². The van der Waals surface area contributed by atoms with Gasteiger partial charge in [-0.2, -0.15) is 0 Å². The highest BCUT2D eigenvalue weighted by molar-refractivity contribution is 6.73. The highest BCUT2D eigenvalue weighted by Crippen LogP contribution is 2.41. The monoisotopic (exact) mass is 441 g/mol. The number of hydrogen-bond acceptors (Lipinski definition) is 5. The van der Waals surface area contributed by atoms with Gasteiger partial charge in [0, 0.05) is 5.56 Å². The maximum Gasteiger partial charge on any atom is 0.261 e. The Morgan fingerprint density at radius 2 is 1.35 bits per heavy atom. The lowest BCUT2D eigenvalue weighted by Gasteiger charge is -2.48. The molecule has 1 fully saturated rings. The summed E-state index contributed by atoms with van der Waals surface area (Å²) in [5.74, 6) is 0.780. The Bertz CT molecular complexity index is 900. The minimum absolute atomic E-state index is 0.270. The molecule has 1 saturated heterocycles. The van der Waals surface area contributed by atoms with E-state index < -0.39 is 20.5 Å². The lowest BCUT2D eigenvalue weighted by atomic mass is 9.90. The van der Waals surface area contributed by atoms with E-state index in [9.17, 15) is 9.59 Å². The molecule has 2 amide bonds. The molecule has 1 heterocycles. The van der Waals surface area contributed by atoms with Crippen molar-refractivity contribution in [1.82, 2.24) is 4.90 Å². The van der Waals surface area contributed by atoms with Crippen LogP contribution >= 0.6 is 0 Å². The van der Waals surface area contributed by atoms with Crippen LogP contribution in [0.4, 0.5) is 0 Å². The van der Waals surface area contributed by atoms with Gasteiger partial charge in [0.2, 0.25) is 0 Å². The van der Waals surface area contributed by atoms with E-state index in [4.69, 9.17) is 13.9 Å². The maximum absolute atomic E-state index is 13.3. The number of β-lactam (4-membered cyclic amide) rings is 1. The zero-order valence-electron chi connectivity index (χ0n) is 18.9. The van der Waals surface area contributed by atoms with Crippen molar-refractivity contribution in [2.75, 3.05) is 14.2 Å². The van der Waals surface area contributed by atoms with Crippen molar-refractivity contribution >= 4 is 20.1 Å². The van der Waals surface area contributed by atoms with Crippen LogP contribution in [0.2, 0.25) is 18.1 Å². The summed E-state index contributed by atoms with van der Waals surface area (Å²) in [7, 11) is 1.14. The summed E-state index contributed by atoms with van der Waals surface area (Å²) in [5, 5.41) is 0. The molecule has 1 aliphatic rings. The molecule has 0 bridgehead atoms. The Morgan fingerprint density at radius 1 is 0.871 bits per heavy atom. The molecule has 0 saturated carbocycles. The van der Waals surface area contributed by atoms with Crippen molar-refractivity contribution < 1.29 is 23.5 Å². The number of benzene rings is 2. The summed E-state index contributed by atoms with van der Waals surface area (Å²) in [5.41, 5.74) is 1.30. The smallest absolute Gasteiger partial charge is 0.261 e. The summed E-state index contributed by atoms with van der Waals surface area (Å²) < 4.78 is 17.0. The first-order chi connectivity index (χ1) is 14.9. The van der Waals surface area contributed by atoms with E-state index in [1.807, 2.05) is 24.3 Å². The van der Waals surface area contributed by atoms with Crippen LogP contribution in [0, 0.1) is 0 Å².